The summed E-state index contributed by atoms with van der Waals surface area (Å²) >= 11 is 9.58. The minimum atomic E-state index is -0.879. The molecule has 0 bridgehead atoms. The van der Waals surface area contributed by atoms with Crippen LogP contribution in [-0.4, -0.2) is 16.0 Å². The monoisotopic (exact) mass is 440 g/mol. The predicted octanol–water partition coefficient (Wildman–Crippen LogP) is 4.60. The molecule has 3 aromatic rings. The predicted molar refractivity (Wildman–Crippen MR) is 108 cm³/mol. The van der Waals surface area contributed by atoms with Gasteiger partial charge in [-0.25, -0.2) is 4.68 Å². The second kappa shape index (κ2) is 6.86. The lowest BCUT2D eigenvalue weighted by molar-refractivity contribution is 0.228. The molecule has 1 aliphatic heterocycles. The van der Waals surface area contributed by atoms with Gasteiger partial charge in [-0.05, 0) is 42.8 Å². The zero-order valence-corrected chi connectivity index (χ0v) is 16.6. The molecule has 1 aromatic heterocycles. The molecule has 5 nitrogen and oxygen atoms in total. The van der Waals surface area contributed by atoms with Gasteiger partial charge in [-0.1, -0.05) is 45.7 Å². The molecule has 7 heteroatoms. The van der Waals surface area contributed by atoms with Crippen molar-refractivity contribution >= 4 is 33.1 Å². The molecule has 0 saturated heterocycles. The second-order valence-corrected chi connectivity index (χ2v) is 7.46. The molecular weight excluding hydrogens is 428 g/mol. The summed E-state index contributed by atoms with van der Waals surface area (Å²) in [6.07, 6.45) is -0.879. The normalized spacial score (nSPS) is 15.9. The number of aromatic nitrogens is 2. The van der Waals surface area contributed by atoms with Crippen molar-refractivity contribution in [2.24, 2.45) is 5.73 Å². The summed E-state index contributed by atoms with van der Waals surface area (Å²) in [4.78, 5) is 0. The molecule has 1 atom stereocenters. The summed E-state index contributed by atoms with van der Waals surface area (Å²) in [6, 6.07) is 17.3. The van der Waals surface area contributed by atoms with E-state index in [2.05, 4.69) is 27.1 Å². The molecule has 0 fully saturated rings. The second-order valence-electron chi connectivity index (χ2n) is 6.10. The summed E-state index contributed by atoms with van der Waals surface area (Å²) in [6.45, 7) is 1.88. The van der Waals surface area contributed by atoms with Gasteiger partial charge in [0.1, 0.15) is 6.07 Å². The SMILES string of the molecule is Cc1nn(-c2cccc(Cl)c2)c2c1C(c1ccc(Br)cc1)=C(C#N)C(N)O2. The van der Waals surface area contributed by atoms with E-state index in [1.165, 1.54) is 0 Å². The van der Waals surface area contributed by atoms with E-state index in [4.69, 9.17) is 22.1 Å². The number of aryl methyl sites for hydroxylation is 1. The largest absolute Gasteiger partial charge is 0.453 e. The summed E-state index contributed by atoms with van der Waals surface area (Å²) in [5, 5.41) is 14.9. The average molecular weight is 442 g/mol. The van der Waals surface area contributed by atoms with Gasteiger partial charge in [0.15, 0.2) is 6.23 Å². The molecule has 0 aliphatic carbocycles. The summed E-state index contributed by atoms with van der Waals surface area (Å²) in [7, 11) is 0. The van der Waals surface area contributed by atoms with Gasteiger partial charge >= 0.3 is 0 Å². The van der Waals surface area contributed by atoms with Crippen molar-refractivity contribution in [1.82, 2.24) is 9.78 Å². The van der Waals surface area contributed by atoms with Crippen LogP contribution in [0.15, 0.2) is 58.6 Å². The first-order chi connectivity index (χ1) is 13.0. The number of fused-ring (bicyclic) bond motifs is 1. The molecule has 0 saturated carbocycles. The van der Waals surface area contributed by atoms with Crippen LogP contribution in [0.25, 0.3) is 11.3 Å². The van der Waals surface area contributed by atoms with Crippen LogP contribution in [0.5, 0.6) is 5.88 Å². The maximum atomic E-state index is 9.70. The lowest BCUT2D eigenvalue weighted by Crippen LogP contribution is -2.33. The highest BCUT2D eigenvalue weighted by Crippen LogP contribution is 2.42. The van der Waals surface area contributed by atoms with Crippen molar-refractivity contribution in [3.63, 3.8) is 0 Å². The van der Waals surface area contributed by atoms with Crippen LogP contribution in [0.3, 0.4) is 0 Å². The van der Waals surface area contributed by atoms with E-state index in [9.17, 15) is 5.26 Å². The van der Waals surface area contributed by atoms with Gasteiger partial charge in [0, 0.05) is 15.1 Å². The molecule has 27 heavy (non-hydrogen) atoms. The van der Waals surface area contributed by atoms with E-state index in [-0.39, 0.29) is 0 Å². The summed E-state index contributed by atoms with van der Waals surface area (Å²) in [5.74, 6) is 0.499. The van der Waals surface area contributed by atoms with Gasteiger partial charge in [-0.15, -0.1) is 0 Å². The Bertz CT molecular complexity index is 1110. The van der Waals surface area contributed by atoms with Gasteiger partial charge in [0.05, 0.1) is 22.5 Å². The first-order valence-electron chi connectivity index (χ1n) is 8.18. The Kier molecular flexibility index (Phi) is 4.52. The number of nitrogens with zero attached hydrogens (tertiary/aromatic N) is 3. The quantitative estimate of drug-likeness (QED) is 0.630. The fourth-order valence-electron chi connectivity index (χ4n) is 3.18. The van der Waals surface area contributed by atoms with Crippen molar-refractivity contribution in [3.05, 3.63) is 80.4 Å². The number of benzene rings is 2. The summed E-state index contributed by atoms with van der Waals surface area (Å²) < 4.78 is 8.52. The minimum absolute atomic E-state index is 0.374. The maximum Gasteiger partial charge on any atom is 0.226 e. The van der Waals surface area contributed by atoms with Crippen LogP contribution in [0.4, 0.5) is 0 Å². The Hall–Kier alpha value is -2.59. The number of ether oxygens (including phenoxy) is 1. The van der Waals surface area contributed by atoms with Crippen molar-refractivity contribution < 1.29 is 4.74 Å². The molecule has 1 aliphatic rings. The van der Waals surface area contributed by atoms with Crippen molar-refractivity contribution in [3.8, 4) is 17.6 Å². The van der Waals surface area contributed by atoms with Crippen molar-refractivity contribution in [2.75, 3.05) is 0 Å². The fraction of sp³-hybridized carbons (Fsp3) is 0.100. The number of hydrogen-bond donors (Lipinski definition) is 1. The van der Waals surface area contributed by atoms with Crippen LogP contribution in [0.1, 0.15) is 16.8 Å². The van der Waals surface area contributed by atoms with Crippen molar-refractivity contribution in [2.45, 2.75) is 13.2 Å². The van der Waals surface area contributed by atoms with E-state index in [1.54, 1.807) is 16.8 Å². The molecule has 2 aromatic carbocycles. The number of rotatable bonds is 2. The van der Waals surface area contributed by atoms with Crippen LogP contribution in [0.2, 0.25) is 5.02 Å². The Morgan fingerprint density at radius 3 is 2.67 bits per heavy atom. The highest BCUT2D eigenvalue weighted by Gasteiger charge is 2.33. The lowest BCUT2D eigenvalue weighted by atomic mass is 9.91. The summed E-state index contributed by atoms with van der Waals surface area (Å²) in [5.41, 5.74) is 10.4. The van der Waals surface area contributed by atoms with Crippen LogP contribution >= 0.6 is 27.5 Å². The van der Waals surface area contributed by atoms with Gasteiger partial charge in [0.2, 0.25) is 5.88 Å². The van der Waals surface area contributed by atoms with E-state index in [1.807, 2.05) is 43.3 Å². The highest BCUT2D eigenvalue weighted by atomic mass is 79.9. The standard InChI is InChI=1S/C20H14BrClN4O/c1-11-17-18(12-5-7-13(21)8-6-12)16(10-23)19(24)27-20(17)26(25-11)15-4-2-3-14(22)9-15/h2-9,19H,24H2,1H3. The van der Waals surface area contributed by atoms with Gasteiger partial charge in [0.25, 0.3) is 0 Å². The van der Waals surface area contributed by atoms with Gasteiger partial charge < -0.3 is 4.74 Å². The molecule has 0 radical (unpaired) electrons. The third-order valence-corrected chi connectivity index (χ3v) is 5.13. The lowest BCUT2D eigenvalue weighted by Gasteiger charge is -2.24. The highest BCUT2D eigenvalue weighted by molar-refractivity contribution is 9.10. The molecular formula is C20H14BrClN4O. The van der Waals surface area contributed by atoms with E-state index >= 15 is 0 Å². The molecule has 1 unspecified atom stereocenters. The molecule has 0 amide bonds. The van der Waals surface area contributed by atoms with Crippen LogP contribution < -0.4 is 10.5 Å². The van der Waals surface area contributed by atoms with E-state index < -0.39 is 6.23 Å². The first kappa shape index (κ1) is 17.8. The number of halogens is 2. The molecule has 134 valence electrons. The van der Waals surface area contributed by atoms with Gasteiger partial charge in [-0.3, -0.25) is 5.73 Å². The Labute approximate surface area is 169 Å². The zero-order valence-electron chi connectivity index (χ0n) is 14.3. The van der Waals surface area contributed by atoms with Crippen LogP contribution in [0, 0.1) is 18.3 Å². The zero-order chi connectivity index (χ0) is 19.1. The van der Waals surface area contributed by atoms with E-state index in [0.717, 1.165) is 32.6 Å². The Balaban J connectivity index is 1.99. The third kappa shape index (κ3) is 3.04. The van der Waals surface area contributed by atoms with Crippen LogP contribution in [-0.2, 0) is 0 Å². The third-order valence-electron chi connectivity index (χ3n) is 4.37. The molecule has 2 heterocycles. The Morgan fingerprint density at radius 2 is 2.00 bits per heavy atom. The molecule has 0 spiro atoms. The molecule has 2 N–H and O–H groups in total. The fourth-order valence-corrected chi connectivity index (χ4v) is 3.63. The number of nitrogens with two attached hydrogens (primary N) is 1. The van der Waals surface area contributed by atoms with Crippen molar-refractivity contribution in [1.29, 1.82) is 5.26 Å². The Morgan fingerprint density at radius 1 is 1.26 bits per heavy atom. The molecule has 4 rings (SSSR count). The van der Waals surface area contributed by atoms with Gasteiger partial charge in [-0.2, -0.15) is 10.4 Å². The van der Waals surface area contributed by atoms with E-state index in [0.29, 0.717) is 16.5 Å². The first-order valence-corrected chi connectivity index (χ1v) is 9.35. The average Bonchev–Trinajstić information content (AvgIpc) is 2.97. The topological polar surface area (TPSA) is 76.9 Å². The smallest absolute Gasteiger partial charge is 0.226 e. The number of nitriles is 1. The maximum absolute atomic E-state index is 9.70. The number of hydrogen-bond acceptors (Lipinski definition) is 4. The minimum Gasteiger partial charge on any atom is -0.453 e.